The number of benzene rings is 2. The van der Waals surface area contributed by atoms with Crippen molar-refractivity contribution in [2.24, 2.45) is 23.5 Å². The Labute approximate surface area is 200 Å². The van der Waals surface area contributed by atoms with Crippen LogP contribution in [-0.2, 0) is 14.4 Å². The Bertz CT molecular complexity index is 961. The highest BCUT2D eigenvalue weighted by atomic mass is 16.5. The molecule has 0 saturated heterocycles. The predicted octanol–water partition coefficient (Wildman–Crippen LogP) is 3.29. The predicted molar refractivity (Wildman–Crippen MR) is 132 cm³/mol. The van der Waals surface area contributed by atoms with Crippen LogP contribution < -0.4 is 21.6 Å². The molecule has 3 atom stereocenters. The van der Waals surface area contributed by atoms with E-state index in [9.17, 15) is 19.6 Å². The van der Waals surface area contributed by atoms with Crippen LogP contribution in [0.4, 0.5) is 5.69 Å². The number of nitrogens with one attached hydrogen (secondary N) is 2. The number of hydrazine groups is 1. The molecule has 34 heavy (non-hydrogen) atoms. The molecule has 0 aromatic heterocycles. The number of nitrogens with zero attached hydrogens (tertiary/aromatic N) is 1. The van der Waals surface area contributed by atoms with Crippen molar-refractivity contribution in [3.8, 4) is 0 Å². The van der Waals surface area contributed by atoms with Crippen molar-refractivity contribution in [1.29, 1.82) is 0 Å². The minimum Gasteiger partial charge on any atom is -0.320 e. The van der Waals surface area contributed by atoms with Gasteiger partial charge >= 0.3 is 0 Å². The van der Waals surface area contributed by atoms with Crippen molar-refractivity contribution < 1.29 is 19.6 Å². The number of carbonyl (C=O) groups is 3. The molecule has 0 saturated carbocycles. The normalized spacial score (nSPS) is 13.8. The fourth-order valence-corrected chi connectivity index (χ4v) is 3.63. The molecule has 0 aliphatic rings. The third-order valence-corrected chi connectivity index (χ3v) is 5.34. The maximum absolute atomic E-state index is 13.5. The van der Waals surface area contributed by atoms with Crippen LogP contribution >= 0.6 is 0 Å². The summed E-state index contributed by atoms with van der Waals surface area (Å²) in [5, 5.41) is 10.5. The van der Waals surface area contributed by atoms with Crippen LogP contribution in [0.15, 0.2) is 66.7 Å². The van der Waals surface area contributed by atoms with Crippen molar-refractivity contribution in [1.82, 2.24) is 10.9 Å². The van der Waals surface area contributed by atoms with E-state index in [0.29, 0.717) is 12.1 Å². The van der Waals surface area contributed by atoms with E-state index in [0.717, 1.165) is 10.6 Å². The highest BCUT2D eigenvalue weighted by Gasteiger charge is 2.35. The van der Waals surface area contributed by atoms with Gasteiger partial charge in [0.2, 0.25) is 11.8 Å². The van der Waals surface area contributed by atoms with Gasteiger partial charge in [0.15, 0.2) is 0 Å². The van der Waals surface area contributed by atoms with E-state index in [1.807, 2.05) is 50.3 Å². The molecule has 5 N–H and O–H groups in total. The fourth-order valence-electron chi connectivity index (χ4n) is 3.63. The van der Waals surface area contributed by atoms with Crippen LogP contribution in [0.2, 0.25) is 0 Å². The lowest BCUT2D eigenvalue weighted by Crippen LogP contribution is -2.55. The summed E-state index contributed by atoms with van der Waals surface area (Å²) >= 11 is 0. The summed E-state index contributed by atoms with van der Waals surface area (Å²) in [5.74, 6) is -3.24. The van der Waals surface area contributed by atoms with E-state index in [1.54, 1.807) is 41.9 Å². The zero-order chi connectivity index (χ0) is 25.1. The van der Waals surface area contributed by atoms with Crippen LogP contribution in [-0.4, -0.2) is 29.0 Å². The van der Waals surface area contributed by atoms with Gasteiger partial charge in [-0.05, 0) is 43.4 Å². The van der Waals surface area contributed by atoms with Crippen molar-refractivity contribution in [3.05, 3.63) is 72.3 Å². The highest BCUT2D eigenvalue weighted by Crippen LogP contribution is 2.26. The molecule has 0 bridgehead atoms. The van der Waals surface area contributed by atoms with E-state index < -0.39 is 35.6 Å². The Morgan fingerprint density at radius 3 is 2.06 bits per heavy atom. The van der Waals surface area contributed by atoms with Gasteiger partial charge in [-0.1, -0.05) is 74.5 Å². The van der Waals surface area contributed by atoms with E-state index in [1.165, 1.54) is 6.92 Å². The van der Waals surface area contributed by atoms with Gasteiger partial charge in [-0.2, -0.15) is 0 Å². The molecule has 0 radical (unpaired) electrons. The number of hydroxylamine groups is 1. The molecule has 0 spiro atoms. The van der Waals surface area contributed by atoms with E-state index in [4.69, 9.17) is 5.73 Å². The number of rotatable bonds is 10. The molecule has 8 heteroatoms. The average molecular weight is 467 g/mol. The minimum atomic E-state index is -0.852. The van der Waals surface area contributed by atoms with Crippen LogP contribution in [0.5, 0.6) is 0 Å². The third kappa shape index (κ3) is 7.83. The Hall–Kier alpha value is -3.49. The second kappa shape index (κ2) is 13.3. The van der Waals surface area contributed by atoms with Gasteiger partial charge in [0.1, 0.15) is 0 Å². The van der Waals surface area contributed by atoms with Crippen LogP contribution in [0.3, 0.4) is 0 Å². The second-order valence-corrected chi connectivity index (χ2v) is 8.64. The monoisotopic (exact) mass is 466 g/mol. The molecular formula is C26H34N4O4. The lowest BCUT2D eigenvalue weighted by atomic mass is 9.82. The first-order valence-electron chi connectivity index (χ1n) is 11.3. The summed E-state index contributed by atoms with van der Waals surface area (Å²) in [6, 6.07) is 17.3. The average Bonchev–Trinajstić information content (AvgIpc) is 2.84. The van der Waals surface area contributed by atoms with Gasteiger partial charge in [0.25, 0.3) is 5.91 Å². The lowest BCUT2D eigenvalue weighted by molar-refractivity contribution is -0.141. The zero-order valence-electron chi connectivity index (χ0n) is 19.8. The molecular weight excluding hydrogens is 432 g/mol. The summed E-state index contributed by atoms with van der Waals surface area (Å²) in [6.45, 7) is 5.42. The number of hydrogen-bond donors (Lipinski definition) is 4. The van der Waals surface area contributed by atoms with Gasteiger partial charge in [-0.3, -0.25) is 25.0 Å². The number of anilines is 1. The molecule has 0 aliphatic carbocycles. The van der Waals surface area contributed by atoms with Crippen LogP contribution in [0.1, 0.15) is 39.2 Å². The first kappa shape index (κ1) is 26.8. The summed E-state index contributed by atoms with van der Waals surface area (Å²) in [6.07, 6.45) is 4.26. The molecule has 2 rings (SSSR count). The number of amides is 3. The smallest absolute Gasteiger partial charge is 0.262 e. The topological polar surface area (TPSA) is 125 Å². The standard InChI is InChI=1S/C26H34N4O4/c1-18(2)17-23(22(25(32)29-34)16-10-13-20-11-6-4-7-12-20)24(31)28-30(26(33)19(3)27)21-14-8-5-9-15-21/h4-15,18-19,22-23,34H,16-17,27H2,1-3H3,(H,28,31)(H,29,32)/b13-10+/t19-,22+,23-/m1/s1. The quantitative estimate of drug-likeness (QED) is 0.316. The number of carbonyl (C=O) groups excluding carboxylic acids is 3. The van der Waals surface area contributed by atoms with Crippen LogP contribution in [0.25, 0.3) is 6.08 Å². The molecule has 8 nitrogen and oxygen atoms in total. The molecule has 0 aliphatic heterocycles. The Balaban J connectivity index is 2.32. The first-order valence-corrected chi connectivity index (χ1v) is 11.3. The van der Waals surface area contributed by atoms with Crippen LogP contribution in [0, 0.1) is 17.8 Å². The second-order valence-electron chi connectivity index (χ2n) is 8.64. The Morgan fingerprint density at radius 1 is 0.941 bits per heavy atom. The Kier molecular flexibility index (Phi) is 10.4. The molecule has 3 amide bonds. The van der Waals surface area contributed by atoms with Gasteiger partial charge in [-0.15, -0.1) is 0 Å². The largest absolute Gasteiger partial charge is 0.320 e. The van der Waals surface area contributed by atoms with E-state index >= 15 is 0 Å². The summed E-state index contributed by atoms with van der Waals surface area (Å²) in [5.41, 5.74) is 11.6. The van der Waals surface area contributed by atoms with Gasteiger partial charge in [0, 0.05) is 0 Å². The fraction of sp³-hybridized carbons (Fsp3) is 0.346. The molecule has 2 aromatic carbocycles. The SMILES string of the molecule is CC(C)C[C@@H](C(=O)NN(C(=O)[C@@H](C)N)c1ccccc1)[C@H](C/C=C/c1ccccc1)C(=O)NO. The molecule has 2 aromatic rings. The zero-order valence-corrected chi connectivity index (χ0v) is 19.8. The maximum atomic E-state index is 13.5. The van der Waals surface area contributed by atoms with Gasteiger partial charge < -0.3 is 5.73 Å². The van der Waals surface area contributed by atoms with Gasteiger partial charge in [0.05, 0.1) is 23.6 Å². The summed E-state index contributed by atoms with van der Waals surface area (Å²) < 4.78 is 0. The number of para-hydroxylation sites is 1. The number of hydrogen-bond acceptors (Lipinski definition) is 5. The third-order valence-electron chi connectivity index (χ3n) is 5.34. The van der Waals surface area contributed by atoms with Crippen molar-refractivity contribution in [2.75, 3.05) is 5.01 Å². The molecule has 0 fully saturated rings. The minimum absolute atomic E-state index is 0.0807. The molecule has 0 heterocycles. The Morgan fingerprint density at radius 2 is 1.53 bits per heavy atom. The van der Waals surface area contributed by atoms with E-state index in [2.05, 4.69) is 5.43 Å². The van der Waals surface area contributed by atoms with E-state index in [-0.39, 0.29) is 12.3 Å². The molecule has 0 unspecified atom stereocenters. The summed E-state index contributed by atoms with van der Waals surface area (Å²) in [4.78, 5) is 38.8. The molecule has 182 valence electrons. The van der Waals surface area contributed by atoms with Crippen molar-refractivity contribution in [3.63, 3.8) is 0 Å². The number of nitrogens with two attached hydrogens (primary N) is 1. The first-order chi connectivity index (χ1) is 16.2. The summed E-state index contributed by atoms with van der Waals surface area (Å²) in [7, 11) is 0. The lowest BCUT2D eigenvalue weighted by Gasteiger charge is -2.30. The maximum Gasteiger partial charge on any atom is 0.262 e. The highest BCUT2D eigenvalue weighted by molar-refractivity contribution is 6.00. The number of allylic oxidation sites excluding steroid dienone is 1. The van der Waals surface area contributed by atoms with Crippen molar-refractivity contribution in [2.45, 2.75) is 39.7 Å². The van der Waals surface area contributed by atoms with Crippen molar-refractivity contribution >= 4 is 29.5 Å². The van der Waals surface area contributed by atoms with Gasteiger partial charge in [-0.25, -0.2) is 10.5 Å².